The molecule has 0 aromatic heterocycles. The van der Waals surface area contributed by atoms with Crippen molar-refractivity contribution in [1.82, 2.24) is 5.32 Å². The highest BCUT2D eigenvalue weighted by molar-refractivity contribution is 5.92. The van der Waals surface area contributed by atoms with E-state index in [1.807, 2.05) is 5.32 Å². The number of hydrogen-bond acceptors (Lipinski definition) is 9. The predicted octanol–water partition coefficient (Wildman–Crippen LogP) is -2.69. The van der Waals surface area contributed by atoms with Crippen LogP contribution >= 0.6 is 0 Å². The highest BCUT2D eigenvalue weighted by atomic mass is 16.9. The number of fused-ring (bicyclic) bond motifs is 3. The number of carbonyl (C=O) groups is 3. The normalized spacial score (nSPS) is 36.7. The molecular weight excluding hydrogens is 238 g/mol. The molecule has 2 aliphatic rings. The zero-order valence-electron chi connectivity index (χ0n) is 8.47. The smallest absolute Gasteiger partial charge is 0.381 e. The summed E-state index contributed by atoms with van der Waals surface area (Å²) in [7, 11) is 0. The van der Waals surface area contributed by atoms with Gasteiger partial charge in [-0.1, -0.05) is 0 Å². The van der Waals surface area contributed by atoms with Crippen molar-refractivity contribution in [2.45, 2.75) is 24.5 Å². The minimum atomic E-state index is -2.51. The first-order chi connectivity index (χ1) is 7.89. The van der Waals surface area contributed by atoms with Gasteiger partial charge in [0.2, 0.25) is 0 Å². The molecule has 0 spiro atoms. The minimum Gasteiger partial charge on any atom is -0.381 e. The Balaban J connectivity index is 2.43. The molecular formula is C8H9NO8. The lowest BCUT2D eigenvalue weighted by Gasteiger charge is -2.27. The maximum Gasteiger partial charge on any atom is 0.500 e. The van der Waals surface area contributed by atoms with Gasteiger partial charge < -0.3 is 24.4 Å². The predicted molar refractivity (Wildman–Crippen MR) is 45.4 cm³/mol. The third kappa shape index (κ3) is 1.95. The number of aliphatic hydroxyl groups is 2. The van der Waals surface area contributed by atoms with E-state index in [1.165, 1.54) is 0 Å². The number of nitrogens with one attached hydrogen (secondary N) is 1. The fourth-order valence-electron chi connectivity index (χ4n) is 1.54. The number of rotatable bonds is 2. The second-order valence-corrected chi connectivity index (χ2v) is 3.61. The Labute approximate surface area is 94.2 Å². The first kappa shape index (κ1) is 11.8. The Morgan fingerprint density at radius 3 is 2.12 bits per heavy atom. The Hall–Kier alpha value is -1.71. The van der Waals surface area contributed by atoms with Crippen LogP contribution in [0.25, 0.3) is 0 Å². The molecule has 0 unspecified atom stereocenters. The van der Waals surface area contributed by atoms with Crippen molar-refractivity contribution in [2.24, 2.45) is 0 Å². The van der Waals surface area contributed by atoms with E-state index in [4.69, 9.17) is 5.11 Å². The molecule has 94 valence electrons. The van der Waals surface area contributed by atoms with Crippen LogP contribution < -0.4 is 5.32 Å². The molecule has 0 saturated carbocycles. The molecule has 0 aromatic carbocycles. The number of esters is 3. The maximum atomic E-state index is 11.5. The lowest BCUT2D eigenvalue weighted by molar-refractivity contribution is -0.343. The van der Waals surface area contributed by atoms with Gasteiger partial charge in [-0.3, -0.25) is 9.59 Å². The van der Waals surface area contributed by atoms with Crippen molar-refractivity contribution in [3.05, 3.63) is 0 Å². The van der Waals surface area contributed by atoms with Crippen LogP contribution in [0.2, 0.25) is 0 Å². The molecule has 0 amide bonds. The Bertz CT molecular complexity index is 371. The minimum absolute atomic E-state index is 0.726. The number of ether oxygens (including phenoxy) is 3. The number of hydrogen-bond donors (Lipinski definition) is 3. The van der Waals surface area contributed by atoms with Gasteiger partial charge in [0.05, 0.1) is 12.8 Å². The molecule has 2 heterocycles. The average molecular weight is 247 g/mol. The van der Waals surface area contributed by atoms with Gasteiger partial charge in [0.15, 0.2) is 5.60 Å². The van der Waals surface area contributed by atoms with E-state index in [0.717, 1.165) is 0 Å². The molecule has 0 aliphatic carbocycles. The molecule has 2 bridgehead atoms. The SMILES string of the molecule is O=C1CC2(O)CC(=O)OC(NCO)(O1)OC2=O. The van der Waals surface area contributed by atoms with Gasteiger partial charge in [-0.2, -0.15) is 5.32 Å². The van der Waals surface area contributed by atoms with Crippen LogP contribution in [0.1, 0.15) is 12.8 Å². The van der Waals surface area contributed by atoms with Crippen molar-refractivity contribution in [3.8, 4) is 0 Å². The third-order valence-corrected chi connectivity index (χ3v) is 2.27. The fraction of sp³-hybridized carbons (Fsp3) is 0.625. The van der Waals surface area contributed by atoms with Crippen molar-refractivity contribution >= 4 is 17.9 Å². The summed E-state index contributed by atoms with van der Waals surface area (Å²) < 4.78 is 13.7. The molecule has 0 aromatic rings. The zero-order chi connectivity index (χ0) is 12.7. The van der Waals surface area contributed by atoms with Crippen LogP contribution in [0, 0.1) is 0 Å². The quantitative estimate of drug-likeness (QED) is 0.352. The van der Waals surface area contributed by atoms with Crippen LogP contribution in [0.3, 0.4) is 0 Å². The first-order valence-corrected chi connectivity index (χ1v) is 4.64. The van der Waals surface area contributed by atoms with E-state index >= 15 is 0 Å². The van der Waals surface area contributed by atoms with Crippen molar-refractivity contribution in [2.75, 3.05) is 6.73 Å². The summed E-state index contributed by atoms with van der Waals surface area (Å²) in [4.78, 5) is 34.1. The molecule has 2 fully saturated rings. The van der Waals surface area contributed by atoms with Crippen molar-refractivity contribution < 1.29 is 38.8 Å². The monoisotopic (exact) mass is 247 g/mol. The lowest BCUT2D eigenvalue weighted by Crippen LogP contribution is -2.54. The second kappa shape index (κ2) is 3.65. The number of aliphatic hydroxyl groups excluding tert-OH is 1. The molecule has 0 atom stereocenters. The topological polar surface area (TPSA) is 131 Å². The first-order valence-electron chi connectivity index (χ1n) is 4.64. The lowest BCUT2D eigenvalue weighted by atomic mass is 9.96. The van der Waals surface area contributed by atoms with Gasteiger partial charge >= 0.3 is 24.0 Å². The van der Waals surface area contributed by atoms with Gasteiger partial charge in [-0.05, 0) is 0 Å². The van der Waals surface area contributed by atoms with Crippen LogP contribution in [-0.4, -0.2) is 46.5 Å². The molecule has 2 rings (SSSR count). The van der Waals surface area contributed by atoms with E-state index < -0.39 is 49.2 Å². The van der Waals surface area contributed by atoms with E-state index in [1.54, 1.807) is 0 Å². The van der Waals surface area contributed by atoms with Gasteiger partial charge in [-0.15, -0.1) is 0 Å². The van der Waals surface area contributed by atoms with Crippen LogP contribution in [-0.2, 0) is 28.6 Å². The summed E-state index contributed by atoms with van der Waals surface area (Å²) in [5.41, 5.74) is -2.30. The average Bonchev–Trinajstić information content (AvgIpc) is 2.26. The third-order valence-electron chi connectivity index (χ3n) is 2.27. The summed E-state index contributed by atoms with van der Waals surface area (Å²) in [6.07, 6.45) is -3.97. The molecule has 2 saturated heterocycles. The molecule has 3 N–H and O–H groups in total. The summed E-state index contributed by atoms with van der Waals surface area (Å²) >= 11 is 0. The highest BCUT2D eigenvalue weighted by Gasteiger charge is 2.58. The standard InChI is InChI=1S/C8H9NO8/c10-3-9-8-15-4(11)1-7(14,6(13)17-8)2-5(12)16-8/h9-10,14H,1-3H2. The van der Waals surface area contributed by atoms with Crippen molar-refractivity contribution in [3.63, 3.8) is 0 Å². The van der Waals surface area contributed by atoms with E-state index in [0.29, 0.717) is 0 Å². The highest BCUT2D eigenvalue weighted by Crippen LogP contribution is 2.32. The second-order valence-electron chi connectivity index (χ2n) is 3.61. The van der Waals surface area contributed by atoms with Gasteiger partial charge in [-0.25, -0.2) is 4.79 Å². The number of carbonyl (C=O) groups excluding carboxylic acids is 3. The van der Waals surface area contributed by atoms with Crippen LogP contribution in [0.5, 0.6) is 0 Å². The summed E-state index contributed by atoms with van der Waals surface area (Å²) in [5, 5.41) is 20.5. The van der Waals surface area contributed by atoms with E-state index in [-0.39, 0.29) is 0 Å². The molecule has 17 heavy (non-hydrogen) atoms. The summed E-state index contributed by atoms with van der Waals surface area (Å²) in [6.45, 7) is -0.785. The maximum absolute atomic E-state index is 11.5. The Kier molecular flexibility index (Phi) is 2.53. The molecule has 9 heteroatoms. The Morgan fingerprint density at radius 1 is 1.12 bits per heavy atom. The molecule has 2 aliphatic heterocycles. The largest absolute Gasteiger partial charge is 0.500 e. The van der Waals surface area contributed by atoms with Gasteiger partial charge in [0, 0.05) is 0 Å². The fourth-order valence-corrected chi connectivity index (χ4v) is 1.54. The molecule has 9 nitrogen and oxygen atoms in total. The van der Waals surface area contributed by atoms with Crippen LogP contribution in [0.15, 0.2) is 0 Å². The van der Waals surface area contributed by atoms with E-state index in [9.17, 15) is 19.5 Å². The van der Waals surface area contributed by atoms with Crippen LogP contribution in [0.4, 0.5) is 0 Å². The van der Waals surface area contributed by atoms with E-state index in [2.05, 4.69) is 14.2 Å². The van der Waals surface area contributed by atoms with Crippen molar-refractivity contribution in [1.29, 1.82) is 0 Å². The summed E-state index contributed by atoms with van der Waals surface area (Å²) in [5.74, 6) is -3.26. The summed E-state index contributed by atoms with van der Waals surface area (Å²) in [6, 6.07) is 0. The van der Waals surface area contributed by atoms with Gasteiger partial charge in [0.1, 0.15) is 6.73 Å². The zero-order valence-corrected chi connectivity index (χ0v) is 8.47. The molecule has 0 radical (unpaired) electrons. The Morgan fingerprint density at radius 2 is 1.65 bits per heavy atom. The van der Waals surface area contributed by atoms with Gasteiger partial charge in [0.25, 0.3) is 0 Å².